The molecular formula is C14H22O. The zero-order chi connectivity index (χ0) is 11.3. The molecular weight excluding hydrogens is 184 g/mol. The molecule has 84 valence electrons. The van der Waals surface area contributed by atoms with E-state index < -0.39 is 5.60 Å². The highest BCUT2D eigenvalue weighted by Gasteiger charge is 2.25. The molecule has 0 radical (unpaired) electrons. The molecule has 0 spiro atoms. The smallest absolute Gasteiger partial charge is 0.0871 e. The van der Waals surface area contributed by atoms with Crippen LogP contribution in [0.4, 0.5) is 0 Å². The first kappa shape index (κ1) is 12.3. The normalized spacial score (nSPS) is 15.3. The van der Waals surface area contributed by atoms with Crippen LogP contribution in [0.2, 0.25) is 0 Å². The number of aliphatic hydroxyl groups is 1. The van der Waals surface area contributed by atoms with Gasteiger partial charge < -0.3 is 5.11 Å². The van der Waals surface area contributed by atoms with E-state index in [0.29, 0.717) is 5.92 Å². The Balaban J connectivity index is 2.74. The highest BCUT2D eigenvalue weighted by atomic mass is 16.3. The molecule has 0 bridgehead atoms. The molecule has 1 heteroatoms. The molecule has 0 amide bonds. The Kier molecular flexibility index (Phi) is 4.34. The fourth-order valence-electron chi connectivity index (χ4n) is 2.05. The van der Waals surface area contributed by atoms with Crippen molar-refractivity contribution >= 4 is 0 Å². The molecule has 1 N–H and O–H groups in total. The molecule has 0 fully saturated rings. The number of hydrogen-bond acceptors (Lipinski definition) is 1. The quantitative estimate of drug-likeness (QED) is 0.778. The van der Waals surface area contributed by atoms with Crippen LogP contribution >= 0.6 is 0 Å². The van der Waals surface area contributed by atoms with Crippen LogP contribution in [-0.4, -0.2) is 5.11 Å². The van der Waals surface area contributed by atoms with E-state index in [-0.39, 0.29) is 0 Å². The summed E-state index contributed by atoms with van der Waals surface area (Å²) < 4.78 is 0. The summed E-state index contributed by atoms with van der Waals surface area (Å²) in [5.41, 5.74) is 0.342. The first-order valence-electron chi connectivity index (χ1n) is 5.88. The molecule has 0 aromatic heterocycles. The SMILES string of the molecule is CCC(CC)C[C@@](C)(O)c1ccccc1. The van der Waals surface area contributed by atoms with E-state index in [1.54, 1.807) is 0 Å². The first-order chi connectivity index (χ1) is 7.10. The minimum Gasteiger partial charge on any atom is -0.385 e. The largest absolute Gasteiger partial charge is 0.385 e. The van der Waals surface area contributed by atoms with Gasteiger partial charge in [-0.3, -0.25) is 0 Å². The summed E-state index contributed by atoms with van der Waals surface area (Å²) in [4.78, 5) is 0. The molecule has 0 saturated carbocycles. The van der Waals surface area contributed by atoms with Crippen LogP contribution in [0, 0.1) is 5.92 Å². The monoisotopic (exact) mass is 206 g/mol. The van der Waals surface area contributed by atoms with Crippen molar-refractivity contribution in [3.63, 3.8) is 0 Å². The van der Waals surface area contributed by atoms with Gasteiger partial charge in [0.2, 0.25) is 0 Å². The molecule has 1 nitrogen and oxygen atoms in total. The predicted octanol–water partition coefficient (Wildman–Crippen LogP) is 3.72. The van der Waals surface area contributed by atoms with Crippen molar-refractivity contribution in [2.75, 3.05) is 0 Å². The summed E-state index contributed by atoms with van der Waals surface area (Å²) in [5.74, 6) is 0.611. The summed E-state index contributed by atoms with van der Waals surface area (Å²) in [6, 6.07) is 9.95. The van der Waals surface area contributed by atoms with E-state index in [1.807, 2.05) is 37.3 Å². The predicted molar refractivity (Wildman–Crippen MR) is 64.7 cm³/mol. The molecule has 0 heterocycles. The summed E-state index contributed by atoms with van der Waals surface area (Å²) >= 11 is 0. The third-order valence-corrected chi connectivity index (χ3v) is 3.24. The lowest BCUT2D eigenvalue weighted by molar-refractivity contribution is 0.0286. The summed E-state index contributed by atoms with van der Waals surface area (Å²) in [6.45, 7) is 6.30. The van der Waals surface area contributed by atoms with Gasteiger partial charge in [0.15, 0.2) is 0 Å². The van der Waals surface area contributed by atoms with Gasteiger partial charge in [0.05, 0.1) is 5.60 Å². The van der Waals surface area contributed by atoms with E-state index in [4.69, 9.17) is 0 Å². The number of rotatable bonds is 5. The average Bonchev–Trinajstić information content (AvgIpc) is 2.27. The zero-order valence-corrected chi connectivity index (χ0v) is 10.0. The highest BCUT2D eigenvalue weighted by molar-refractivity contribution is 5.21. The molecule has 1 aromatic carbocycles. The Bertz CT molecular complexity index is 273. The molecule has 0 aliphatic carbocycles. The topological polar surface area (TPSA) is 20.2 Å². The van der Waals surface area contributed by atoms with Crippen LogP contribution < -0.4 is 0 Å². The lowest BCUT2D eigenvalue weighted by Gasteiger charge is -2.28. The van der Waals surface area contributed by atoms with Gasteiger partial charge in [-0.05, 0) is 24.8 Å². The van der Waals surface area contributed by atoms with Gasteiger partial charge in [-0.25, -0.2) is 0 Å². The Morgan fingerprint density at radius 3 is 2.13 bits per heavy atom. The van der Waals surface area contributed by atoms with E-state index in [1.165, 1.54) is 0 Å². The number of hydrogen-bond donors (Lipinski definition) is 1. The van der Waals surface area contributed by atoms with Crippen molar-refractivity contribution in [1.29, 1.82) is 0 Å². The second kappa shape index (κ2) is 5.32. The van der Waals surface area contributed by atoms with Crippen molar-refractivity contribution in [2.24, 2.45) is 5.92 Å². The maximum Gasteiger partial charge on any atom is 0.0871 e. The van der Waals surface area contributed by atoms with Crippen molar-refractivity contribution in [1.82, 2.24) is 0 Å². The van der Waals surface area contributed by atoms with Gasteiger partial charge >= 0.3 is 0 Å². The third-order valence-electron chi connectivity index (χ3n) is 3.24. The second-order valence-corrected chi connectivity index (χ2v) is 4.53. The minimum absolute atomic E-state index is 0.611. The Morgan fingerprint density at radius 2 is 1.67 bits per heavy atom. The summed E-state index contributed by atoms with van der Waals surface area (Å²) in [6.07, 6.45) is 3.13. The van der Waals surface area contributed by atoms with E-state index in [0.717, 1.165) is 24.8 Å². The third kappa shape index (κ3) is 3.35. The van der Waals surface area contributed by atoms with E-state index >= 15 is 0 Å². The lowest BCUT2D eigenvalue weighted by atomic mass is 9.84. The van der Waals surface area contributed by atoms with Crippen molar-refractivity contribution in [3.8, 4) is 0 Å². The van der Waals surface area contributed by atoms with Gasteiger partial charge in [0.1, 0.15) is 0 Å². The molecule has 1 aromatic rings. The zero-order valence-electron chi connectivity index (χ0n) is 10.0. The van der Waals surface area contributed by atoms with Crippen molar-refractivity contribution < 1.29 is 5.11 Å². The van der Waals surface area contributed by atoms with Crippen LogP contribution in [0.1, 0.15) is 45.6 Å². The molecule has 0 saturated heterocycles. The molecule has 1 atom stereocenters. The van der Waals surface area contributed by atoms with Crippen LogP contribution in [0.15, 0.2) is 30.3 Å². The van der Waals surface area contributed by atoms with Gasteiger partial charge in [-0.1, -0.05) is 57.0 Å². The second-order valence-electron chi connectivity index (χ2n) is 4.53. The van der Waals surface area contributed by atoms with Crippen molar-refractivity contribution in [3.05, 3.63) is 35.9 Å². The van der Waals surface area contributed by atoms with E-state index in [9.17, 15) is 5.11 Å². The number of benzene rings is 1. The molecule has 0 aliphatic rings. The summed E-state index contributed by atoms with van der Waals surface area (Å²) in [5, 5.41) is 10.4. The first-order valence-corrected chi connectivity index (χ1v) is 5.88. The molecule has 15 heavy (non-hydrogen) atoms. The van der Waals surface area contributed by atoms with Gasteiger partial charge in [-0.2, -0.15) is 0 Å². The maximum absolute atomic E-state index is 10.4. The van der Waals surface area contributed by atoms with Gasteiger partial charge in [0, 0.05) is 0 Å². The molecule has 0 aliphatic heterocycles. The van der Waals surface area contributed by atoms with Crippen molar-refractivity contribution in [2.45, 2.75) is 45.6 Å². The van der Waals surface area contributed by atoms with Crippen LogP contribution in [0.5, 0.6) is 0 Å². The molecule has 1 rings (SSSR count). The highest BCUT2D eigenvalue weighted by Crippen LogP contribution is 2.30. The fraction of sp³-hybridized carbons (Fsp3) is 0.571. The standard InChI is InChI=1S/C14H22O/c1-4-12(5-2)11-14(3,15)13-9-7-6-8-10-13/h6-10,12,15H,4-5,11H2,1-3H3/t14-/m1/s1. The average molecular weight is 206 g/mol. The Morgan fingerprint density at radius 1 is 1.13 bits per heavy atom. The van der Waals surface area contributed by atoms with Gasteiger partial charge in [-0.15, -0.1) is 0 Å². The molecule has 0 unspecified atom stereocenters. The van der Waals surface area contributed by atoms with Crippen LogP contribution in [0.25, 0.3) is 0 Å². The Labute approximate surface area is 93.1 Å². The minimum atomic E-state index is -0.683. The lowest BCUT2D eigenvalue weighted by Crippen LogP contribution is -2.24. The maximum atomic E-state index is 10.4. The van der Waals surface area contributed by atoms with Crippen LogP contribution in [0.3, 0.4) is 0 Å². The van der Waals surface area contributed by atoms with Crippen LogP contribution in [-0.2, 0) is 5.60 Å². The summed E-state index contributed by atoms with van der Waals surface area (Å²) in [7, 11) is 0. The fourth-order valence-corrected chi connectivity index (χ4v) is 2.05. The van der Waals surface area contributed by atoms with E-state index in [2.05, 4.69) is 13.8 Å². The Hall–Kier alpha value is -0.820. The van der Waals surface area contributed by atoms with Gasteiger partial charge in [0.25, 0.3) is 0 Å².